The third kappa shape index (κ3) is 3.88. The van der Waals surface area contributed by atoms with Crippen LogP contribution in [0.5, 0.6) is 0 Å². The van der Waals surface area contributed by atoms with Crippen LogP contribution in [0.2, 0.25) is 0 Å². The Morgan fingerprint density at radius 1 is 1.00 bits per heavy atom. The number of aryl methyl sites for hydroxylation is 3. The standard InChI is InChI=1S/C26H28N6O2S/c1-17-10-20-22(30(3)26(17)33)11-19(31-4-7-34-8-5-31)12-23(20)32-6-9-35-25-13-21(27-15-24(25)32)18-14-28-29(2)16-18/h10-16H,4-9H2,1-3H3. The summed E-state index contributed by atoms with van der Waals surface area (Å²) in [6.45, 7) is 5.87. The zero-order valence-electron chi connectivity index (χ0n) is 20.2. The number of benzene rings is 1. The van der Waals surface area contributed by atoms with Crippen LogP contribution >= 0.6 is 11.8 Å². The van der Waals surface area contributed by atoms with Crippen LogP contribution in [0.25, 0.3) is 22.2 Å². The Morgan fingerprint density at radius 2 is 1.83 bits per heavy atom. The van der Waals surface area contributed by atoms with Gasteiger partial charge >= 0.3 is 0 Å². The summed E-state index contributed by atoms with van der Waals surface area (Å²) in [7, 11) is 3.78. The molecule has 9 heteroatoms. The first kappa shape index (κ1) is 22.2. The molecule has 2 aliphatic heterocycles. The van der Waals surface area contributed by atoms with Crippen molar-refractivity contribution in [3.05, 3.63) is 58.8 Å². The summed E-state index contributed by atoms with van der Waals surface area (Å²) in [4.78, 5) is 23.5. The van der Waals surface area contributed by atoms with Crippen molar-refractivity contribution in [1.82, 2.24) is 19.3 Å². The molecule has 0 saturated carbocycles. The van der Waals surface area contributed by atoms with Crippen molar-refractivity contribution in [3.63, 3.8) is 0 Å². The second-order valence-electron chi connectivity index (χ2n) is 9.13. The summed E-state index contributed by atoms with van der Waals surface area (Å²) in [5.74, 6) is 0.970. The Morgan fingerprint density at radius 3 is 2.60 bits per heavy atom. The zero-order chi connectivity index (χ0) is 24.1. The smallest absolute Gasteiger partial charge is 0.253 e. The molecule has 8 nitrogen and oxygen atoms in total. The molecule has 5 heterocycles. The molecule has 2 aliphatic rings. The second kappa shape index (κ2) is 8.73. The molecule has 0 unspecified atom stereocenters. The SMILES string of the molecule is Cc1cc2c(N3CCSc4cc(-c5cnn(C)c5)ncc43)cc(N3CCOCC3)cc2n(C)c1=O. The second-order valence-corrected chi connectivity index (χ2v) is 10.3. The Kier molecular flexibility index (Phi) is 5.53. The fourth-order valence-electron chi connectivity index (χ4n) is 4.99. The van der Waals surface area contributed by atoms with E-state index in [-0.39, 0.29) is 5.56 Å². The van der Waals surface area contributed by atoms with Gasteiger partial charge in [-0.2, -0.15) is 5.10 Å². The molecule has 4 aromatic rings. The first-order chi connectivity index (χ1) is 17.0. The number of hydrogen-bond acceptors (Lipinski definition) is 7. The van der Waals surface area contributed by atoms with E-state index in [1.54, 1.807) is 9.25 Å². The molecule has 0 radical (unpaired) electrons. The largest absolute Gasteiger partial charge is 0.378 e. The van der Waals surface area contributed by atoms with Crippen molar-refractivity contribution in [2.75, 3.05) is 48.4 Å². The highest BCUT2D eigenvalue weighted by molar-refractivity contribution is 7.99. The monoisotopic (exact) mass is 488 g/mol. The summed E-state index contributed by atoms with van der Waals surface area (Å²) in [6, 6.07) is 8.62. The minimum Gasteiger partial charge on any atom is -0.378 e. The summed E-state index contributed by atoms with van der Waals surface area (Å²) in [5, 5.41) is 5.38. The normalized spacial score (nSPS) is 16.1. The van der Waals surface area contributed by atoms with Crippen LogP contribution in [0, 0.1) is 6.92 Å². The summed E-state index contributed by atoms with van der Waals surface area (Å²) in [5.41, 5.74) is 7.00. The number of hydrogen-bond donors (Lipinski definition) is 0. The Bertz CT molecular complexity index is 1490. The predicted octanol–water partition coefficient (Wildman–Crippen LogP) is 3.72. The van der Waals surface area contributed by atoms with Crippen molar-refractivity contribution in [2.45, 2.75) is 11.8 Å². The van der Waals surface area contributed by atoms with Crippen molar-refractivity contribution < 1.29 is 4.74 Å². The molecule has 0 N–H and O–H groups in total. The van der Waals surface area contributed by atoms with Crippen molar-refractivity contribution in [2.24, 2.45) is 14.1 Å². The maximum atomic E-state index is 12.8. The first-order valence-electron chi connectivity index (χ1n) is 11.9. The van der Waals surface area contributed by atoms with Crippen LogP contribution in [0.4, 0.5) is 17.1 Å². The van der Waals surface area contributed by atoms with Gasteiger partial charge in [0, 0.05) is 72.8 Å². The van der Waals surface area contributed by atoms with Gasteiger partial charge < -0.3 is 19.1 Å². The molecule has 3 aromatic heterocycles. The van der Waals surface area contributed by atoms with Crippen molar-refractivity contribution >= 4 is 39.7 Å². The quantitative estimate of drug-likeness (QED) is 0.435. The highest BCUT2D eigenvalue weighted by atomic mass is 32.2. The summed E-state index contributed by atoms with van der Waals surface area (Å²) < 4.78 is 9.16. The van der Waals surface area contributed by atoms with Gasteiger partial charge in [0.1, 0.15) is 0 Å². The van der Waals surface area contributed by atoms with E-state index in [0.29, 0.717) is 13.2 Å². The number of anilines is 3. The lowest BCUT2D eigenvalue weighted by Gasteiger charge is -2.34. The molecule has 0 aliphatic carbocycles. The number of aromatic nitrogens is 4. The average molecular weight is 489 g/mol. The van der Waals surface area contributed by atoms with E-state index in [1.165, 1.54) is 4.90 Å². The van der Waals surface area contributed by atoms with Crippen molar-refractivity contribution in [3.8, 4) is 11.3 Å². The third-order valence-corrected chi connectivity index (χ3v) is 7.89. The number of fused-ring (bicyclic) bond motifs is 2. The molecule has 180 valence electrons. The van der Waals surface area contributed by atoms with Crippen LogP contribution in [0.15, 0.2) is 52.5 Å². The Hall–Kier alpha value is -3.30. The van der Waals surface area contributed by atoms with E-state index in [0.717, 1.165) is 70.2 Å². The highest BCUT2D eigenvalue weighted by Crippen LogP contribution is 2.43. The van der Waals surface area contributed by atoms with E-state index in [1.807, 2.05) is 57.4 Å². The molecular weight excluding hydrogens is 460 g/mol. The molecule has 1 aromatic carbocycles. The maximum Gasteiger partial charge on any atom is 0.253 e. The summed E-state index contributed by atoms with van der Waals surface area (Å²) in [6.07, 6.45) is 5.82. The fraction of sp³-hybridized carbons (Fsp3) is 0.346. The van der Waals surface area contributed by atoms with Gasteiger partial charge in [-0.3, -0.25) is 14.5 Å². The maximum absolute atomic E-state index is 12.8. The van der Waals surface area contributed by atoms with Crippen LogP contribution in [0.3, 0.4) is 0 Å². The number of nitrogens with zero attached hydrogens (tertiary/aromatic N) is 6. The third-order valence-electron chi connectivity index (χ3n) is 6.86. The van der Waals surface area contributed by atoms with Crippen LogP contribution in [-0.2, 0) is 18.8 Å². The molecule has 0 amide bonds. The fourth-order valence-corrected chi connectivity index (χ4v) is 5.99. The van der Waals surface area contributed by atoms with E-state index >= 15 is 0 Å². The van der Waals surface area contributed by atoms with Gasteiger partial charge in [0.2, 0.25) is 0 Å². The lowest BCUT2D eigenvalue weighted by molar-refractivity contribution is 0.122. The Labute approximate surface area is 208 Å². The topological polar surface area (TPSA) is 68.4 Å². The van der Waals surface area contributed by atoms with E-state index < -0.39 is 0 Å². The minimum absolute atomic E-state index is 0.0416. The van der Waals surface area contributed by atoms with Gasteiger partial charge in [0.15, 0.2) is 0 Å². The highest BCUT2D eigenvalue weighted by Gasteiger charge is 2.25. The molecule has 35 heavy (non-hydrogen) atoms. The van der Waals surface area contributed by atoms with Crippen LogP contribution in [-0.4, -0.2) is 57.9 Å². The minimum atomic E-state index is 0.0416. The van der Waals surface area contributed by atoms with E-state index in [4.69, 9.17) is 9.72 Å². The lowest BCUT2D eigenvalue weighted by atomic mass is 10.1. The number of morpholine rings is 1. The molecule has 0 atom stereocenters. The van der Waals surface area contributed by atoms with Crippen LogP contribution in [0.1, 0.15) is 5.56 Å². The van der Waals surface area contributed by atoms with Gasteiger partial charge in [-0.05, 0) is 31.2 Å². The van der Waals surface area contributed by atoms with Gasteiger partial charge in [-0.1, -0.05) is 0 Å². The van der Waals surface area contributed by atoms with Gasteiger partial charge in [0.25, 0.3) is 5.56 Å². The van der Waals surface area contributed by atoms with Gasteiger partial charge in [0.05, 0.1) is 48.2 Å². The van der Waals surface area contributed by atoms with Gasteiger partial charge in [-0.15, -0.1) is 11.8 Å². The first-order valence-corrected chi connectivity index (χ1v) is 12.8. The molecular formula is C26H28N6O2S. The van der Waals surface area contributed by atoms with Crippen molar-refractivity contribution in [1.29, 1.82) is 0 Å². The average Bonchev–Trinajstić information content (AvgIpc) is 3.33. The molecule has 0 spiro atoms. The van der Waals surface area contributed by atoms with E-state index in [2.05, 4.69) is 33.1 Å². The number of ether oxygens (including phenoxy) is 1. The predicted molar refractivity (Wildman–Crippen MR) is 141 cm³/mol. The lowest BCUT2D eigenvalue weighted by Crippen LogP contribution is -2.36. The Balaban J connectivity index is 1.52. The number of pyridine rings is 2. The zero-order valence-corrected chi connectivity index (χ0v) is 21.0. The van der Waals surface area contributed by atoms with Gasteiger partial charge in [-0.25, -0.2) is 0 Å². The summed E-state index contributed by atoms with van der Waals surface area (Å²) >= 11 is 1.86. The molecule has 0 bridgehead atoms. The van der Waals surface area contributed by atoms with Crippen LogP contribution < -0.4 is 15.4 Å². The molecule has 6 rings (SSSR count). The van der Waals surface area contributed by atoms with E-state index in [9.17, 15) is 4.79 Å². The molecule has 1 fully saturated rings. The number of rotatable bonds is 3. The molecule has 1 saturated heterocycles. The number of thioether (sulfide) groups is 1.